The quantitative estimate of drug-likeness (QED) is 0.241. The summed E-state index contributed by atoms with van der Waals surface area (Å²) >= 11 is 0. The van der Waals surface area contributed by atoms with E-state index in [-0.39, 0.29) is 0 Å². The van der Waals surface area contributed by atoms with E-state index in [9.17, 15) is 0 Å². The number of hydrogen-bond donors (Lipinski definition) is 0. The molecule has 0 saturated carbocycles. The normalized spacial score (nSPS) is 10.7. The van der Waals surface area contributed by atoms with Crippen LogP contribution in [0.4, 0.5) is 0 Å². The van der Waals surface area contributed by atoms with Crippen LogP contribution in [0.3, 0.4) is 0 Å². The van der Waals surface area contributed by atoms with Crippen LogP contribution in [0.1, 0.15) is 35.6 Å². The van der Waals surface area contributed by atoms with Gasteiger partial charge in [-0.1, -0.05) is 86.0 Å². The van der Waals surface area contributed by atoms with Gasteiger partial charge in [-0.05, 0) is 65.8 Å². The fourth-order valence-electron chi connectivity index (χ4n) is 3.18. The van der Waals surface area contributed by atoms with Crippen LogP contribution >= 0.6 is 0 Å². The molecule has 0 saturated heterocycles. The lowest BCUT2D eigenvalue weighted by Gasteiger charge is -2.09. The second-order valence-electron chi connectivity index (χ2n) is 7.38. The van der Waals surface area contributed by atoms with Crippen molar-refractivity contribution in [3.05, 3.63) is 126 Å². The molecule has 0 fully saturated rings. The summed E-state index contributed by atoms with van der Waals surface area (Å²) in [6.07, 6.45) is 5.79. The Bertz CT molecular complexity index is 997. The van der Waals surface area contributed by atoms with Gasteiger partial charge in [0.25, 0.3) is 0 Å². The summed E-state index contributed by atoms with van der Waals surface area (Å²) in [5, 5.41) is 0. The molecule has 2 nitrogen and oxygen atoms in total. The lowest BCUT2D eigenvalue weighted by molar-refractivity contribution is 0.244. The van der Waals surface area contributed by atoms with E-state index >= 15 is 0 Å². The second kappa shape index (κ2) is 11.6. The fraction of sp³-hybridized carbons (Fsp3) is 0.172. The summed E-state index contributed by atoms with van der Waals surface area (Å²) in [6, 6.07) is 27.0. The van der Waals surface area contributed by atoms with Gasteiger partial charge < -0.3 is 9.47 Å². The zero-order valence-corrected chi connectivity index (χ0v) is 18.2. The molecular formula is C29H30O2. The van der Waals surface area contributed by atoms with Gasteiger partial charge in [-0.25, -0.2) is 0 Å². The van der Waals surface area contributed by atoms with Crippen molar-refractivity contribution in [2.75, 3.05) is 6.61 Å². The Balaban J connectivity index is 1.45. The highest BCUT2D eigenvalue weighted by Gasteiger charge is 2.01. The second-order valence-corrected chi connectivity index (χ2v) is 7.38. The predicted molar refractivity (Wildman–Crippen MR) is 131 cm³/mol. The molecule has 2 heteroatoms. The molecule has 0 aromatic heterocycles. The van der Waals surface area contributed by atoms with Crippen molar-refractivity contribution in [1.82, 2.24) is 0 Å². The Morgan fingerprint density at radius 3 is 2.19 bits per heavy atom. The third-order valence-corrected chi connectivity index (χ3v) is 5.00. The van der Waals surface area contributed by atoms with Gasteiger partial charge in [0.2, 0.25) is 0 Å². The van der Waals surface area contributed by atoms with Gasteiger partial charge in [-0.2, -0.15) is 0 Å². The number of aryl methyl sites for hydroxylation is 1. The minimum atomic E-state index is 0.549. The van der Waals surface area contributed by atoms with Crippen molar-refractivity contribution in [1.29, 1.82) is 0 Å². The first-order valence-corrected chi connectivity index (χ1v) is 10.7. The average Bonchev–Trinajstić information content (AvgIpc) is 2.82. The van der Waals surface area contributed by atoms with Gasteiger partial charge >= 0.3 is 0 Å². The molecular weight excluding hydrogens is 380 g/mol. The minimum Gasteiger partial charge on any atom is -0.495 e. The van der Waals surface area contributed by atoms with Crippen LogP contribution in [0.5, 0.6) is 5.75 Å². The van der Waals surface area contributed by atoms with Gasteiger partial charge in [0.05, 0.1) is 6.61 Å². The molecule has 0 spiro atoms. The molecule has 0 aliphatic rings. The topological polar surface area (TPSA) is 18.5 Å². The van der Waals surface area contributed by atoms with E-state index in [1.807, 2.05) is 49.4 Å². The molecule has 158 valence electrons. The first-order valence-electron chi connectivity index (χ1n) is 10.7. The van der Waals surface area contributed by atoms with Gasteiger partial charge in [0.15, 0.2) is 0 Å². The smallest absolute Gasteiger partial charge is 0.119 e. The van der Waals surface area contributed by atoms with Gasteiger partial charge in [0.1, 0.15) is 18.1 Å². The monoisotopic (exact) mass is 410 g/mol. The Hall–Kier alpha value is -3.52. The molecule has 0 bridgehead atoms. The summed E-state index contributed by atoms with van der Waals surface area (Å²) in [4.78, 5) is 0. The molecule has 3 rings (SSSR count). The lowest BCUT2D eigenvalue weighted by Crippen LogP contribution is -1.96. The van der Waals surface area contributed by atoms with E-state index in [0.717, 1.165) is 29.7 Å². The number of allylic oxidation sites excluding steroid dienone is 2. The molecule has 0 atom stereocenters. The van der Waals surface area contributed by atoms with Gasteiger partial charge in [0, 0.05) is 0 Å². The highest BCUT2D eigenvalue weighted by atomic mass is 16.5. The molecule has 3 aromatic carbocycles. The Labute approximate surface area is 186 Å². The van der Waals surface area contributed by atoms with E-state index in [1.165, 1.54) is 16.7 Å². The minimum absolute atomic E-state index is 0.549. The third-order valence-electron chi connectivity index (χ3n) is 5.00. The van der Waals surface area contributed by atoms with Crippen LogP contribution in [0.25, 0.3) is 11.6 Å². The van der Waals surface area contributed by atoms with E-state index in [4.69, 9.17) is 9.47 Å². The highest BCUT2D eigenvalue weighted by Crippen LogP contribution is 2.19. The molecule has 0 amide bonds. The summed E-state index contributed by atoms with van der Waals surface area (Å²) in [5.74, 6) is 1.51. The zero-order chi connectivity index (χ0) is 21.9. The molecule has 0 radical (unpaired) electrons. The van der Waals surface area contributed by atoms with E-state index in [1.54, 1.807) is 0 Å². The lowest BCUT2D eigenvalue weighted by atomic mass is 9.99. The SMILES string of the molecule is C=C(/C=C/c1ccc(OCc2ccc(CCC(=C)c3ccccc3)cc2)cc1)OCC. The Kier molecular flexibility index (Phi) is 8.30. The maximum atomic E-state index is 5.93. The van der Waals surface area contributed by atoms with Crippen LogP contribution in [0, 0.1) is 0 Å². The maximum Gasteiger partial charge on any atom is 0.119 e. The van der Waals surface area contributed by atoms with Crippen LogP contribution < -0.4 is 4.74 Å². The van der Waals surface area contributed by atoms with E-state index in [0.29, 0.717) is 19.0 Å². The van der Waals surface area contributed by atoms with Crippen LogP contribution in [-0.2, 0) is 17.8 Å². The number of hydrogen-bond acceptors (Lipinski definition) is 2. The third kappa shape index (κ3) is 7.35. The molecule has 0 heterocycles. The van der Waals surface area contributed by atoms with E-state index < -0.39 is 0 Å². The number of rotatable bonds is 11. The summed E-state index contributed by atoms with van der Waals surface area (Å²) in [6.45, 7) is 11.2. The molecule has 0 unspecified atom stereocenters. The first-order chi connectivity index (χ1) is 15.1. The van der Waals surface area contributed by atoms with Crippen LogP contribution in [-0.4, -0.2) is 6.61 Å². The van der Waals surface area contributed by atoms with Crippen molar-refractivity contribution in [2.24, 2.45) is 0 Å². The maximum absolute atomic E-state index is 5.93. The average molecular weight is 411 g/mol. The molecule has 31 heavy (non-hydrogen) atoms. The molecule has 0 aliphatic heterocycles. The number of benzene rings is 3. The number of ether oxygens (including phenoxy) is 2. The molecule has 0 aliphatic carbocycles. The summed E-state index contributed by atoms with van der Waals surface area (Å²) in [7, 11) is 0. The van der Waals surface area contributed by atoms with Crippen LogP contribution in [0.2, 0.25) is 0 Å². The van der Waals surface area contributed by atoms with Gasteiger partial charge in [-0.3, -0.25) is 0 Å². The molecule has 0 N–H and O–H groups in total. The Morgan fingerprint density at radius 1 is 0.839 bits per heavy atom. The van der Waals surface area contributed by atoms with Crippen LogP contribution in [0.15, 0.2) is 104 Å². The Morgan fingerprint density at radius 2 is 1.52 bits per heavy atom. The van der Waals surface area contributed by atoms with Crippen molar-refractivity contribution < 1.29 is 9.47 Å². The predicted octanol–water partition coefficient (Wildman–Crippen LogP) is 7.48. The van der Waals surface area contributed by atoms with Crippen molar-refractivity contribution in [3.63, 3.8) is 0 Å². The standard InChI is InChI=1S/C29H30O2/c1-4-30-24(3)11-13-26-18-20-29(21-19-26)31-22-27-16-14-25(15-17-27)12-10-23(2)28-8-6-5-7-9-28/h5-9,11,13-21H,2-4,10,12,22H2,1H3/b13-11+. The van der Waals surface area contributed by atoms with E-state index in [2.05, 4.69) is 61.7 Å². The highest BCUT2D eigenvalue weighted by molar-refractivity contribution is 5.63. The largest absolute Gasteiger partial charge is 0.495 e. The molecule has 3 aromatic rings. The van der Waals surface area contributed by atoms with Gasteiger partial charge in [-0.15, -0.1) is 0 Å². The fourth-order valence-corrected chi connectivity index (χ4v) is 3.18. The zero-order valence-electron chi connectivity index (χ0n) is 18.2. The first kappa shape index (κ1) is 22.2. The summed E-state index contributed by atoms with van der Waals surface area (Å²) in [5.41, 5.74) is 5.93. The van der Waals surface area contributed by atoms with Crippen molar-refractivity contribution >= 4 is 11.6 Å². The summed E-state index contributed by atoms with van der Waals surface area (Å²) < 4.78 is 11.2. The van der Waals surface area contributed by atoms with Crippen molar-refractivity contribution in [2.45, 2.75) is 26.4 Å². The van der Waals surface area contributed by atoms with Crippen molar-refractivity contribution in [3.8, 4) is 5.75 Å².